The van der Waals surface area contributed by atoms with Crippen LogP contribution in [0.1, 0.15) is 34.2 Å². The fourth-order valence-electron chi connectivity index (χ4n) is 2.91. The summed E-state index contributed by atoms with van der Waals surface area (Å²) in [5.41, 5.74) is 2.68. The Kier molecular flexibility index (Phi) is 5.66. The van der Waals surface area contributed by atoms with Gasteiger partial charge in [-0.15, -0.1) is 0 Å². The molecular weight excluding hydrogens is 348 g/mol. The second-order valence-electron chi connectivity index (χ2n) is 6.34. The smallest absolute Gasteiger partial charge is 0.256 e. The highest BCUT2D eigenvalue weighted by molar-refractivity contribution is 5.98. The lowest BCUT2D eigenvalue weighted by molar-refractivity contribution is -0.128. The molecule has 0 bridgehead atoms. The zero-order valence-corrected chi connectivity index (χ0v) is 15.3. The molecule has 0 saturated heterocycles. The molecule has 2 aromatic rings. The monoisotopic (exact) mass is 370 g/mol. The number of fused-ring (bicyclic) bond motifs is 1. The number of pyridine rings is 2. The van der Waals surface area contributed by atoms with E-state index in [0.717, 1.165) is 5.69 Å². The fraction of sp³-hybridized carbons (Fsp3) is 0.368. The Bertz CT molecular complexity index is 839. The van der Waals surface area contributed by atoms with Gasteiger partial charge in [-0.2, -0.15) is 0 Å². The normalized spacial score (nSPS) is 14.0. The van der Waals surface area contributed by atoms with Crippen LogP contribution in [0.3, 0.4) is 0 Å². The third kappa shape index (κ3) is 4.22. The molecule has 1 aliphatic heterocycles. The van der Waals surface area contributed by atoms with E-state index in [1.165, 1.54) is 14.0 Å². The molecule has 8 heteroatoms. The van der Waals surface area contributed by atoms with Crippen molar-refractivity contribution in [2.24, 2.45) is 0 Å². The van der Waals surface area contributed by atoms with Gasteiger partial charge in [-0.05, 0) is 25.1 Å². The van der Waals surface area contributed by atoms with E-state index in [2.05, 4.69) is 15.3 Å². The first-order valence-electron chi connectivity index (χ1n) is 8.71. The molecule has 1 atom stereocenters. The standard InChI is InChI=1S/C19H22N4O4/c1-12(24)17(25)21-10-13-9-15-16(22-18(13)27-2)11-23(19(15)26)8-6-14-5-3-4-7-20-14/h3-5,7,9,12,24H,6,8,10-11H2,1-2H3,(H,21,25)/t12-/m1/s1. The predicted octanol–water partition coefficient (Wildman–Crippen LogP) is 0.681. The molecule has 0 saturated carbocycles. The van der Waals surface area contributed by atoms with Gasteiger partial charge in [-0.25, -0.2) is 4.98 Å². The van der Waals surface area contributed by atoms with E-state index in [1.807, 2.05) is 18.2 Å². The summed E-state index contributed by atoms with van der Waals surface area (Å²) in [5.74, 6) is -0.237. The lowest BCUT2D eigenvalue weighted by atomic mass is 10.1. The molecule has 0 unspecified atom stereocenters. The van der Waals surface area contributed by atoms with Crippen LogP contribution in [0.15, 0.2) is 30.5 Å². The van der Waals surface area contributed by atoms with E-state index in [0.29, 0.717) is 42.2 Å². The molecule has 0 fully saturated rings. The van der Waals surface area contributed by atoms with Crippen molar-refractivity contribution in [1.29, 1.82) is 0 Å². The lowest BCUT2D eigenvalue weighted by Gasteiger charge is -2.14. The van der Waals surface area contributed by atoms with Gasteiger partial charge in [0.1, 0.15) is 6.10 Å². The number of carbonyl (C=O) groups is 2. The first kappa shape index (κ1) is 18.8. The number of methoxy groups -OCH3 is 1. The Morgan fingerprint density at radius 3 is 2.93 bits per heavy atom. The van der Waals surface area contributed by atoms with E-state index in [1.54, 1.807) is 17.2 Å². The highest BCUT2D eigenvalue weighted by Gasteiger charge is 2.30. The van der Waals surface area contributed by atoms with Gasteiger partial charge in [0.25, 0.3) is 5.91 Å². The van der Waals surface area contributed by atoms with Crippen LogP contribution in [0.5, 0.6) is 5.88 Å². The zero-order valence-electron chi connectivity index (χ0n) is 15.3. The minimum atomic E-state index is -1.11. The highest BCUT2D eigenvalue weighted by Crippen LogP contribution is 2.27. The summed E-state index contributed by atoms with van der Waals surface area (Å²) in [7, 11) is 1.49. The van der Waals surface area contributed by atoms with Crippen LogP contribution >= 0.6 is 0 Å². The summed E-state index contributed by atoms with van der Waals surface area (Å²) >= 11 is 0. The molecule has 2 aromatic heterocycles. The maximum atomic E-state index is 12.7. The number of nitrogens with one attached hydrogen (secondary N) is 1. The summed E-state index contributed by atoms with van der Waals surface area (Å²) in [6.45, 7) is 2.46. The van der Waals surface area contributed by atoms with Crippen molar-refractivity contribution in [2.75, 3.05) is 13.7 Å². The van der Waals surface area contributed by atoms with Gasteiger partial charge in [-0.1, -0.05) is 6.07 Å². The molecule has 8 nitrogen and oxygen atoms in total. The predicted molar refractivity (Wildman–Crippen MR) is 97.0 cm³/mol. The molecular formula is C19H22N4O4. The Hall–Kier alpha value is -3.00. The fourth-order valence-corrected chi connectivity index (χ4v) is 2.91. The third-order valence-electron chi connectivity index (χ3n) is 4.39. The van der Waals surface area contributed by atoms with Gasteiger partial charge in [0.15, 0.2) is 0 Å². The lowest BCUT2D eigenvalue weighted by Crippen LogP contribution is -2.32. The first-order chi connectivity index (χ1) is 13.0. The molecule has 0 aromatic carbocycles. The van der Waals surface area contributed by atoms with Gasteiger partial charge in [0.05, 0.1) is 24.9 Å². The largest absolute Gasteiger partial charge is 0.481 e. The Balaban J connectivity index is 1.72. The number of hydrogen-bond donors (Lipinski definition) is 2. The van der Waals surface area contributed by atoms with Crippen molar-refractivity contribution in [3.8, 4) is 5.88 Å². The number of aliphatic hydroxyl groups excluding tert-OH is 1. The van der Waals surface area contributed by atoms with E-state index in [4.69, 9.17) is 4.74 Å². The van der Waals surface area contributed by atoms with Crippen molar-refractivity contribution in [2.45, 2.75) is 32.5 Å². The number of aromatic nitrogens is 2. The third-order valence-corrected chi connectivity index (χ3v) is 4.39. The average Bonchev–Trinajstić information content (AvgIpc) is 2.99. The van der Waals surface area contributed by atoms with Crippen molar-refractivity contribution in [3.05, 3.63) is 53.0 Å². The van der Waals surface area contributed by atoms with Crippen molar-refractivity contribution in [3.63, 3.8) is 0 Å². The van der Waals surface area contributed by atoms with Crippen LogP contribution < -0.4 is 10.1 Å². The van der Waals surface area contributed by atoms with Crippen molar-refractivity contribution >= 4 is 11.8 Å². The molecule has 3 rings (SSSR count). The SMILES string of the molecule is COc1nc2c(cc1CNC(=O)[C@@H](C)O)C(=O)N(CCc1ccccn1)C2. The minimum Gasteiger partial charge on any atom is -0.481 e. The topological polar surface area (TPSA) is 105 Å². The summed E-state index contributed by atoms with van der Waals surface area (Å²) < 4.78 is 5.30. The van der Waals surface area contributed by atoms with E-state index >= 15 is 0 Å². The number of rotatable bonds is 7. The van der Waals surface area contributed by atoms with Gasteiger partial charge in [0, 0.05) is 37.0 Å². The molecule has 27 heavy (non-hydrogen) atoms. The molecule has 2 amide bonds. The van der Waals surface area contributed by atoms with Crippen molar-refractivity contribution in [1.82, 2.24) is 20.2 Å². The second kappa shape index (κ2) is 8.13. The van der Waals surface area contributed by atoms with Gasteiger partial charge < -0.3 is 20.1 Å². The number of ether oxygens (including phenoxy) is 1. The summed E-state index contributed by atoms with van der Waals surface area (Å²) in [6.07, 6.45) is 1.28. The van der Waals surface area contributed by atoms with Crippen LogP contribution in [-0.4, -0.2) is 51.5 Å². The summed E-state index contributed by atoms with van der Waals surface area (Å²) in [6, 6.07) is 7.40. The summed E-state index contributed by atoms with van der Waals surface area (Å²) in [4.78, 5) is 34.7. The maximum absolute atomic E-state index is 12.7. The Morgan fingerprint density at radius 1 is 1.44 bits per heavy atom. The van der Waals surface area contributed by atoms with Crippen LogP contribution in [0.25, 0.3) is 0 Å². The Morgan fingerprint density at radius 2 is 2.26 bits per heavy atom. The van der Waals surface area contributed by atoms with Crippen LogP contribution in [0, 0.1) is 0 Å². The zero-order chi connectivity index (χ0) is 19.4. The Labute approximate surface area is 157 Å². The molecule has 3 heterocycles. The van der Waals surface area contributed by atoms with Crippen LogP contribution in [0.4, 0.5) is 0 Å². The molecule has 0 radical (unpaired) electrons. The maximum Gasteiger partial charge on any atom is 0.256 e. The van der Waals surface area contributed by atoms with E-state index in [-0.39, 0.29) is 12.5 Å². The second-order valence-corrected chi connectivity index (χ2v) is 6.34. The minimum absolute atomic E-state index is 0.0980. The summed E-state index contributed by atoms with van der Waals surface area (Å²) in [5, 5.41) is 11.9. The molecule has 2 N–H and O–H groups in total. The average molecular weight is 370 g/mol. The van der Waals surface area contributed by atoms with Crippen LogP contribution in [-0.2, 0) is 24.3 Å². The molecule has 0 aliphatic carbocycles. The molecule has 142 valence electrons. The number of carbonyl (C=O) groups excluding carboxylic acids is 2. The highest BCUT2D eigenvalue weighted by atomic mass is 16.5. The quantitative estimate of drug-likeness (QED) is 0.743. The number of hydrogen-bond acceptors (Lipinski definition) is 6. The van der Waals surface area contributed by atoms with Crippen molar-refractivity contribution < 1.29 is 19.4 Å². The van der Waals surface area contributed by atoms with E-state index in [9.17, 15) is 14.7 Å². The van der Waals surface area contributed by atoms with Crippen LogP contribution in [0.2, 0.25) is 0 Å². The molecule has 0 spiro atoms. The first-order valence-corrected chi connectivity index (χ1v) is 8.71. The number of amides is 2. The van der Waals surface area contributed by atoms with Gasteiger partial charge >= 0.3 is 0 Å². The van der Waals surface area contributed by atoms with Gasteiger partial charge in [0.2, 0.25) is 11.8 Å². The van der Waals surface area contributed by atoms with E-state index < -0.39 is 12.0 Å². The number of nitrogens with zero attached hydrogens (tertiary/aromatic N) is 3. The molecule has 1 aliphatic rings. The number of aliphatic hydroxyl groups is 1. The van der Waals surface area contributed by atoms with Gasteiger partial charge in [-0.3, -0.25) is 14.6 Å².